The maximum atomic E-state index is 5.61. The Bertz CT molecular complexity index is 294. The van der Waals surface area contributed by atoms with E-state index in [1.54, 1.807) is 0 Å². The standard InChI is InChI=1S/C13H23NOS/c1-10(2)8-15-9-13-6-5-12(16-13)7-14-11(3)4/h5-6,10-11,14H,7-9H2,1-4H3. The minimum Gasteiger partial charge on any atom is -0.376 e. The average Bonchev–Trinajstić information content (AvgIpc) is 2.62. The molecular formula is C13H23NOS. The molecule has 0 spiro atoms. The summed E-state index contributed by atoms with van der Waals surface area (Å²) in [5.41, 5.74) is 0. The third-order valence-electron chi connectivity index (χ3n) is 2.10. The molecule has 0 saturated heterocycles. The van der Waals surface area contributed by atoms with Gasteiger partial charge >= 0.3 is 0 Å². The summed E-state index contributed by atoms with van der Waals surface area (Å²) < 4.78 is 5.61. The Balaban J connectivity index is 2.28. The molecule has 0 fully saturated rings. The monoisotopic (exact) mass is 241 g/mol. The van der Waals surface area contributed by atoms with E-state index in [4.69, 9.17) is 4.74 Å². The molecule has 16 heavy (non-hydrogen) atoms. The molecule has 0 amide bonds. The molecule has 0 saturated carbocycles. The quantitative estimate of drug-likeness (QED) is 0.790. The van der Waals surface area contributed by atoms with Gasteiger partial charge in [-0.15, -0.1) is 11.3 Å². The van der Waals surface area contributed by atoms with Crippen molar-refractivity contribution in [3.05, 3.63) is 21.9 Å². The van der Waals surface area contributed by atoms with Gasteiger partial charge < -0.3 is 10.1 Å². The highest BCUT2D eigenvalue weighted by atomic mass is 32.1. The van der Waals surface area contributed by atoms with E-state index in [0.717, 1.165) is 19.8 Å². The highest BCUT2D eigenvalue weighted by Gasteiger charge is 2.02. The van der Waals surface area contributed by atoms with Crippen LogP contribution in [-0.4, -0.2) is 12.6 Å². The minimum absolute atomic E-state index is 0.544. The van der Waals surface area contributed by atoms with Crippen molar-refractivity contribution >= 4 is 11.3 Å². The second-order valence-electron chi connectivity index (χ2n) is 4.81. The Morgan fingerprint density at radius 3 is 2.50 bits per heavy atom. The van der Waals surface area contributed by atoms with E-state index < -0.39 is 0 Å². The molecule has 3 heteroatoms. The summed E-state index contributed by atoms with van der Waals surface area (Å²) in [6, 6.07) is 4.90. The van der Waals surface area contributed by atoms with Crippen LogP contribution in [0.4, 0.5) is 0 Å². The fourth-order valence-electron chi connectivity index (χ4n) is 1.29. The van der Waals surface area contributed by atoms with E-state index in [9.17, 15) is 0 Å². The van der Waals surface area contributed by atoms with Gasteiger partial charge in [0.25, 0.3) is 0 Å². The number of nitrogens with one attached hydrogen (secondary N) is 1. The lowest BCUT2D eigenvalue weighted by Gasteiger charge is -2.06. The van der Waals surface area contributed by atoms with Crippen LogP contribution in [0.15, 0.2) is 12.1 Å². The molecule has 0 atom stereocenters. The normalized spacial score (nSPS) is 11.6. The maximum Gasteiger partial charge on any atom is 0.0809 e. The first kappa shape index (κ1) is 13.7. The van der Waals surface area contributed by atoms with Crippen LogP contribution in [0.25, 0.3) is 0 Å². The first-order valence-electron chi connectivity index (χ1n) is 5.96. The van der Waals surface area contributed by atoms with Crippen molar-refractivity contribution in [2.75, 3.05) is 6.61 Å². The molecule has 1 aromatic heterocycles. The van der Waals surface area contributed by atoms with E-state index >= 15 is 0 Å². The average molecular weight is 241 g/mol. The summed E-state index contributed by atoms with van der Waals surface area (Å²) in [4.78, 5) is 2.71. The lowest BCUT2D eigenvalue weighted by Crippen LogP contribution is -2.21. The number of ether oxygens (including phenoxy) is 1. The van der Waals surface area contributed by atoms with Gasteiger partial charge in [0.05, 0.1) is 6.61 Å². The zero-order valence-electron chi connectivity index (χ0n) is 10.7. The third-order valence-corrected chi connectivity index (χ3v) is 3.16. The third kappa shape index (κ3) is 5.64. The van der Waals surface area contributed by atoms with E-state index in [1.807, 2.05) is 11.3 Å². The summed E-state index contributed by atoms with van der Waals surface area (Å²) in [6.07, 6.45) is 0. The summed E-state index contributed by atoms with van der Waals surface area (Å²) in [5, 5.41) is 3.42. The van der Waals surface area contributed by atoms with Crippen LogP contribution in [-0.2, 0) is 17.9 Å². The molecule has 0 bridgehead atoms. The largest absolute Gasteiger partial charge is 0.376 e. The van der Waals surface area contributed by atoms with Crippen LogP contribution < -0.4 is 5.32 Å². The van der Waals surface area contributed by atoms with E-state index in [-0.39, 0.29) is 0 Å². The van der Waals surface area contributed by atoms with Gasteiger partial charge in [0.15, 0.2) is 0 Å². The summed E-state index contributed by atoms with van der Waals surface area (Å²) >= 11 is 1.84. The van der Waals surface area contributed by atoms with Crippen LogP contribution >= 0.6 is 11.3 Å². The van der Waals surface area contributed by atoms with Gasteiger partial charge in [-0.3, -0.25) is 0 Å². The van der Waals surface area contributed by atoms with Crippen LogP contribution in [0.2, 0.25) is 0 Å². The molecule has 1 rings (SSSR count). The molecule has 2 nitrogen and oxygen atoms in total. The second-order valence-corrected chi connectivity index (χ2v) is 6.07. The van der Waals surface area contributed by atoms with E-state index in [0.29, 0.717) is 12.0 Å². The summed E-state index contributed by atoms with van der Waals surface area (Å²) in [5.74, 6) is 0.613. The molecule has 0 aliphatic rings. The fraction of sp³-hybridized carbons (Fsp3) is 0.692. The number of hydrogen-bond acceptors (Lipinski definition) is 3. The topological polar surface area (TPSA) is 21.3 Å². The smallest absolute Gasteiger partial charge is 0.0809 e. The second kappa shape index (κ2) is 7.05. The van der Waals surface area contributed by atoms with Gasteiger partial charge in [0.2, 0.25) is 0 Å². The maximum absolute atomic E-state index is 5.61. The molecule has 0 unspecified atom stereocenters. The van der Waals surface area contributed by atoms with Crippen molar-refractivity contribution in [3.63, 3.8) is 0 Å². The first-order chi connectivity index (χ1) is 7.58. The molecule has 0 aromatic carbocycles. The van der Waals surface area contributed by atoms with Crippen molar-refractivity contribution < 1.29 is 4.74 Å². The number of rotatable bonds is 7. The van der Waals surface area contributed by atoms with Crippen molar-refractivity contribution in [3.8, 4) is 0 Å². The van der Waals surface area contributed by atoms with Crippen LogP contribution in [0, 0.1) is 5.92 Å². The summed E-state index contributed by atoms with van der Waals surface area (Å²) in [7, 11) is 0. The van der Waals surface area contributed by atoms with Crippen molar-refractivity contribution in [2.45, 2.75) is 46.9 Å². The number of hydrogen-bond donors (Lipinski definition) is 1. The lowest BCUT2D eigenvalue weighted by atomic mass is 10.2. The van der Waals surface area contributed by atoms with E-state index in [2.05, 4.69) is 45.1 Å². The predicted molar refractivity (Wildman–Crippen MR) is 70.8 cm³/mol. The van der Waals surface area contributed by atoms with Gasteiger partial charge in [0.1, 0.15) is 0 Å². The zero-order valence-corrected chi connectivity index (χ0v) is 11.6. The molecular weight excluding hydrogens is 218 g/mol. The van der Waals surface area contributed by atoms with Crippen LogP contribution in [0.5, 0.6) is 0 Å². The molecule has 92 valence electrons. The molecule has 1 aromatic rings. The predicted octanol–water partition coefficient (Wildman–Crippen LogP) is 3.42. The Kier molecular flexibility index (Phi) is 6.03. The lowest BCUT2D eigenvalue weighted by molar-refractivity contribution is 0.0989. The number of thiophene rings is 1. The summed E-state index contributed by atoms with van der Waals surface area (Å²) in [6.45, 7) is 11.2. The zero-order chi connectivity index (χ0) is 12.0. The molecule has 0 radical (unpaired) electrons. The fourth-order valence-corrected chi connectivity index (χ4v) is 2.20. The van der Waals surface area contributed by atoms with Crippen LogP contribution in [0.1, 0.15) is 37.4 Å². The molecule has 1 N–H and O–H groups in total. The van der Waals surface area contributed by atoms with Crippen LogP contribution in [0.3, 0.4) is 0 Å². The Morgan fingerprint density at radius 1 is 1.19 bits per heavy atom. The Morgan fingerprint density at radius 2 is 1.88 bits per heavy atom. The van der Waals surface area contributed by atoms with Crippen molar-refractivity contribution in [2.24, 2.45) is 5.92 Å². The molecule has 1 heterocycles. The minimum atomic E-state index is 0.544. The first-order valence-corrected chi connectivity index (χ1v) is 6.78. The van der Waals surface area contributed by atoms with Crippen molar-refractivity contribution in [1.82, 2.24) is 5.32 Å². The van der Waals surface area contributed by atoms with Gasteiger partial charge in [-0.1, -0.05) is 27.7 Å². The van der Waals surface area contributed by atoms with Gasteiger partial charge in [-0.2, -0.15) is 0 Å². The highest BCUT2D eigenvalue weighted by molar-refractivity contribution is 7.11. The molecule has 0 aliphatic carbocycles. The van der Waals surface area contributed by atoms with E-state index in [1.165, 1.54) is 9.75 Å². The van der Waals surface area contributed by atoms with Crippen molar-refractivity contribution in [1.29, 1.82) is 0 Å². The highest BCUT2D eigenvalue weighted by Crippen LogP contribution is 2.17. The van der Waals surface area contributed by atoms with Gasteiger partial charge in [-0.05, 0) is 18.1 Å². The Labute approximate surface area is 103 Å². The molecule has 0 aliphatic heterocycles. The van der Waals surface area contributed by atoms with Gasteiger partial charge in [-0.25, -0.2) is 0 Å². The Hall–Kier alpha value is -0.380. The SMILES string of the molecule is CC(C)COCc1ccc(CNC(C)C)s1. The van der Waals surface area contributed by atoms with Gasteiger partial charge in [0, 0.05) is 28.9 Å².